The smallest absolute Gasteiger partial charge is 0.233 e. The molecule has 3 heterocycles. The number of nitrogens with one attached hydrogen (secondary N) is 1. The van der Waals surface area contributed by atoms with Gasteiger partial charge in [0.15, 0.2) is 11.0 Å². The minimum absolute atomic E-state index is 0.192. The molecule has 2 aliphatic rings. The van der Waals surface area contributed by atoms with Crippen molar-refractivity contribution in [2.75, 3.05) is 39.0 Å². The molecule has 1 saturated carbocycles. The zero-order chi connectivity index (χ0) is 19.1. The SMILES string of the molecule is CN1CCN(C(=O)CSc2nnc(-c3c[nH]c4ccccc34)n2C2CC2)CC1. The predicted octanol–water partition coefficient (Wildman–Crippen LogP) is 2.63. The average molecular weight is 397 g/mol. The summed E-state index contributed by atoms with van der Waals surface area (Å²) in [6.45, 7) is 3.51. The number of para-hydroxylation sites is 1. The highest BCUT2D eigenvalue weighted by atomic mass is 32.2. The highest BCUT2D eigenvalue weighted by Gasteiger charge is 2.31. The first-order valence-electron chi connectivity index (χ1n) is 9.81. The lowest BCUT2D eigenvalue weighted by molar-refractivity contribution is -0.129. The summed E-state index contributed by atoms with van der Waals surface area (Å²) in [4.78, 5) is 20.2. The molecule has 1 aromatic carbocycles. The summed E-state index contributed by atoms with van der Waals surface area (Å²) in [6, 6.07) is 8.69. The van der Waals surface area contributed by atoms with Gasteiger partial charge in [-0.2, -0.15) is 0 Å². The number of rotatable bonds is 5. The van der Waals surface area contributed by atoms with E-state index in [-0.39, 0.29) is 5.91 Å². The number of aromatic amines is 1. The topological polar surface area (TPSA) is 70.1 Å². The minimum Gasteiger partial charge on any atom is -0.360 e. The molecule has 0 atom stereocenters. The normalized spacial score (nSPS) is 18.1. The molecule has 7 nitrogen and oxygen atoms in total. The van der Waals surface area contributed by atoms with E-state index in [9.17, 15) is 4.79 Å². The van der Waals surface area contributed by atoms with E-state index in [1.807, 2.05) is 23.2 Å². The molecule has 8 heteroatoms. The van der Waals surface area contributed by atoms with Gasteiger partial charge in [-0.1, -0.05) is 30.0 Å². The molecule has 1 N–H and O–H groups in total. The third kappa shape index (κ3) is 3.31. The van der Waals surface area contributed by atoms with E-state index < -0.39 is 0 Å². The van der Waals surface area contributed by atoms with Gasteiger partial charge >= 0.3 is 0 Å². The first-order valence-corrected chi connectivity index (χ1v) is 10.8. The van der Waals surface area contributed by atoms with Crippen LogP contribution in [0.3, 0.4) is 0 Å². The van der Waals surface area contributed by atoms with Crippen LogP contribution in [0.25, 0.3) is 22.3 Å². The molecule has 0 spiro atoms. The number of carbonyl (C=O) groups is 1. The zero-order valence-corrected chi connectivity index (χ0v) is 16.8. The molecular formula is C20H24N6OS. The molecular weight excluding hydrogens is 372 g/mol. The second-order valence-electron chi connectivity index (χ2n) is 7.63. The Morgan fingerprint density at radius 1 is 1.18 bits per heavy atom. The summed E-state index contributed by atoms with van der Waals surface area (Å²) in [5, 5.41) is 11.0. The summed E-state index contributed by atoms with van der Waals surface area (Å²) >= 11 is 1.52. The third-order valence-corrected chi connectivity index (χ3v) is 6.52. The van der Waals surface area contributed by atoms with Crippen molar-refractivity contribution in [1.29, 1.82) is 0 Å². The van der Waals surface area contributed by atoms with Gasteiger partial charge in [0.25, 0.3) is 0 Å². The zero-order valence-electron chi connectivity index (χ0n) is 16.0. The monoisotopic (exact) mass is 396 g/mol. The fourth-order valence-corrected chi connectivity index (χ4v) is 4.66. The lowest BCUT2D eigenvalue weighted by Crippen LogP contribution is -2.47. The van der Waals surface area contributed by atoms with Crippen LogP contribution in [0.5, 0.6) is 0 Å². The molecule has 2 aromatic heterocycles. The van der Waals surface area contributed by atoms with E-state index in [1.54, 1.807) is 0 Å². The van der Waals surface area contributed by atoms with Gasteiger partial charge in [-0.25, -0.2) is 0 Å². The van der Waals surface area contributed by atoms with Gasteiger partial charge in [0.1, 0.15) is 0 Å². The van der Waals surface area contributed by atoms with Crippen molar-refractivity contribution in [1.82, 2.24) is 29.5 Å². The Kier molecular flexibility index (Phi) is 4.60. The Balaban J connectivity index is 1.37. The van der Waals surface area contributed by atoms with Crippen molar-refractivity contribution in [3.63, 3.8) is 0 Å². The van der Waals surface area contributed by atoms with Crippen LogP contribution >= 0.6 is 11.8 Å². The Hall–Kier alpha value is -2.32. The number of carbonyl (C=O) groups excluding carboxylic acids is 1. The van der Waals surface area contributed by atoms with Crippen LogP contribution in [0.15, 0.2) is 35.6 Å². The number of benzene rings is 1. The number of amides is 1. The number of hydrogen-bond acceptors (Lipinski definition) is 5. The van der Waals surface area contributed by atoms with Crippen LogP contribution in [-0.4, -0.2) is 74.4 Å². The lowest BCUT2D eigenvalue weighted by Gasteiger charge is -2.32. The van der Waals surface area contributed by atoms with Gasteiger partial charge in [-0.05, 0) is 26.0 Å². The van der Waals surface area contributed by atoms with Gasteiger partial charge in [-0.3, -0.25) is 9.36 Å². The molecule has 1 aliphatic heterocycles. The van der Waals surface area contributed by atoms with E-state index in [1.165, 1.54) is 11.8 Å². The first kappa shape index (κ1) is 17.8. The lowest BCUT2D eigenvalue weighted by atomic mass is 10.1. The van der Waals surface area contributed by atoms with Crippen LogP contribution in [0, 0.1) is 0 Å². The third-order valence-electron chi connectivity index (χ3n) is 5.59. The van der Waals surface area contributed by atoms with Gasteiger partial charge < -0.3 is 14.8 Å². The minimum atomic E-state index is 0.192. The van der Waals surface area contributed by atoms with E-state index >= 15 is 0 Å². The number of H-pyrrole nitrogens is 1. The highest BCUT2D eigenvalue weighted by molar-refractivity contribution is 7.99. The van der Waals surface area contributed by atoms with Crippen molar-refractivity contribution in [2.45, 2.75) is 24.0 Å². The molecule has 0 unspecified atom stereocenters. The fourth-order valence-electron chi connectivity index (χ4n) is 3.75. The molecule has 1 amide bonds. The van der Waals surface area contributed by atoms with Gasteiger partial charge in [0.05, 0.1) is 5.75 Å². The molecule has 1 saturated heterocycles. The van der Waals surface area contributed by atoms with E-state index in [0.717, 1.165) is 66.5 Å². The van der Waals surface area contributed by atoms with Crippen molar-refractivity contribution < 1.29 is 4.79 Å². The predicted molar refractivity (Wildman–Crippen MR) is 110 cm³/mol. The van der Waals surface area contributed by atoms with Crippen molar-refractivity contribution in [3.8, 4) is 11.4 Å². The van der Waals surface area contributed by atoms with Gasteiger partial charge in [0.2, 0.25) is 5.91 Å². The van der Waals surface area contributed by atoms with E-state index in [0.29, 0.717) is 11.8 Å². The number of thioether (sulfide) groups is 1. The molecule has 5 rings (SSSR count). The van der Waals surface area contributed by atoms with Gasteiger partial charge in [0, 0.05) is 54.9 Å². The number of fused-ring (bicyclic) bond motifs is 1. The Morgan fingerprint density at radius 2 is 1.96 bits per heavy atom. The van der Waals surface area contributed by atoms with Crippen LogP contribution in [0.2, 0.25) is 0 Å². The maximum Gasteiger partial charge on any atom is 0.233 e. The molecule has 0 radical (unpaired) electrons. The maximum atomic E-state index is 12.6. The molecule has 2 fully saturated rings. The van der Waals surface area contributed by atoms with Crippen LogP contribution in [-0.2, 0) is 4.79 Å². The summed E-state index contributed by atoms with van der Waals surface area (Å²) < 4.78 is 2.23. The van der Waals surface area contributed by atoms with Crippen LogP contribution < -0.4 is 0 Å². The molecule has 28 heavy (non-hydrogen) atoms. The van der Waals surface area contributed by atoms with Crippen molar-refractivity contribution in [3.05, 3.63) is 30.5 Å². The largest absolute Gasteiger partial charge is 0.360 e. The summed E-state index contributed by atoms with van der Waals surface area (Å²) in [7, 11) is 2.10. The fraction of sp³-hybridized carbons (Fsp3) is 0.450. The Bertz CT molecular complexity index is 999. The first-order chi connectivity index (χ1) is 13.7. The van der Waals surface area contributed by atoms with E-state index in [2.05, 4.69) is 43.8 Å². The number of hydrogen-bond donors (Lipinski definition) is 1. The summed E-state index contributed by atoms with van der Waals surface area (Å²) in [5.41, 5.74) is 2.18. The van der Waals surface area contributed by atoms with Crippen molar-refractivity contribution >= 4 is 28.6 Å². The van der Waals surface area contributed by atoms with E-state index in [4.69, 9.17) is 0 Å². The number of nitrogens with zero attached hydrogens (tertiary/aromatic N) is 5. The maximum absolute atomic E-state index is 12.6. The van der Waals surface area contributed by atoms with Crippen LogP contribution in [0.4, 0.5) is 0 Å². The average Bonchev–Trinajstić information content (AvgIpc) is 3.33. The highest BCUT2D eigenvalue weighted by Crippen LogP contribution is 2.42. The number of piperazine rings is 1. The number of likely N-dealkylation sites (N-methyl/N-ethyl adjacent to an activating group) is 1. The quantitative estimate of drug-likeness (QED) is 0.672. The molecule has 0 bridgehead atoms. The second kappa shape index (κ2) is 7.25. The molecule has 146 valence electrons. The Morgan fingerprint density at radius 3 is 2.75 bits per heavy atom. The summed E-state index contributed by atoms with van der Waals surface area (Å²) in [5.74, 6) is 1.51. The molecule has 3 aromatic rings. The summed E-state index contributed by atoms with van der Waals surface area (Å²) in [6.07, 6.45) is 4.30. The molecule has 1 aliphatic carbocycles. The number of aromatic nitrogens is 4. The Labute approximate surface area is 168 Å². The van der Waals surface area contributed by atoms with Gasteiger partial charge in [-0.15, -0.1) is 10.2 Å². The standard InChI is InChI=1S/C20H24N6OS/c1-24-8-10-25(11-9-24)18(27)13-28-20-23-22-19(26(20)14-6-7-14)16-12-21-17-5-3-2-4-15(16)17/h2-5,12,14,21H,6-11,13H2,1H3. The second-order valence-corrected chi connectivity index (χ2v) is 8.57. The van der Waals surface area contributed by atoms with Crippen LogP contribution in [0.1, 0.15) is 18.9 Å². The van der Waals surface area contributed by atoms with Crippen molar-refractivity contribution in [2.24, 2.45) is 0 Å².